The predicted molar refractivity (Wildman–Crippen MR) is 52.0 cm³/mol. The van der Waals surface area contributed by atoms with Crippen LogP contribution >= 0.6 is 11.6 Å². The summed E-state index contributed by atoms with van der Waals surface area (Å²) in [6.45, 7) is 3.27. The van der Waals surface area contributed by atoms with Gasteiger partial charge in [-0.15, -0.1) is 0 Å². The van der Waals surface area contributed by atoms with Crippen LogP contribution in [-0.4, -0.2) is 4.92 Å². The average Bonchev–Trinajstić information content (AvgIpc) is 2.01. The third-order valence-corrected chi connectivity index (χ3v) is 2.31. The zero-order chi connectivity index (χ0) is 10.2. The molecule has 70 valence electrons. The smallest absolute Gasteiger partial charge is 0.296 e. The molecule has 0 spiro atoms. The molecule has 1 aromatic carbocycles. The zero-order valence-corrected chi connectivity index (χ0v) is 8.05. The molecule has 0 atom stereocenters. The van der Waals surface area contributed by atoms with Crippen LogP contribution in [-0.2, 0) is 0 Å². The van der Waals surface area contributed by atoms with E-state index in [0.717, 1.165) is 0 Å². The topological polar surface area (TPSA) is 69.2 Å². The van der Waals surface area contributed by atoms with E-state index in [9.17, 15) is 10.1 Å². The van der Waals surface area contributed by atoms with Crippen LogP contribution in [0.4, 0.5) is 11.4 Å². The number of halogens is 1. The third kappa shape index (κ3) is 1.58. The van der Waals surface area contributed by atoms with Crippen molar-refractivity contribution in [1.82, 2.24) is 0 Å². The maximum Gasteiger partial charge on any atom is 0.296 e. The Balaban J connectivity index is 3.56. The van der Waals surface area contributed by atoms with Gasteiger partial charge in [-0.2, -0.15) is 0 Å². The lowest BCUT2D eigenvalue weighted by atomic mass is 10.1. The SMILES string of the molecule is Cc1cc(Cl)c(C)c([N+](=O)[O-])c1N. The molecule has 0 fully saturated rings. The lowest BCUT2D eigenvalue weighted by Crippen LogP contribution is -2.00. The first kappa shape index (κ1) is 9.80. The summed E-state index contributed by atoms with van der Waals surface area (Å²) < 4.78 is 0. The monoisotopic (exact) mass is 200 g/mol. The van der Waals surface area contributed by atoms with Gasteiger partial charge in [0.05, 0.1) is 9.95 Å². The van der Waals surface area contributed by atoms with Crippen LogP contribution in [0.2, 0.25) is 5.02 Å². The van der Waals surface area contributed by atoms with Crippen LogP contribution in [0.1, 0.15) is 11.1 Å². The summed E-state index contributed by atoms with van der Waals surface area (Å²) in [5, 5.41) is 11.0. The molecule has 0 saturated heterocycles. The van der Waals surface area contributed by atoms with Crippen LogP contribution in [0, 0.1) is 24.0 Å². The van der Waals surface area contributed by atoms with E-state index >= 15 is 0 Å². The number of nitro benzene ring substituents is 1. The summed E-state index contributed by atoms with van der Waals surface area (Å²) in [6.07, 6.45) is 0. The van der Waals surface area contributed by atoms with Crippen LogP contribution in [0.25, 0.3) is 0 Å². The molecule has 0 radical (unpaired) electrons. The molecular weight excluding hydrogens is 192 g/mol. The summed E-state index contributed by atoms with van der Waals surface area (Å²) in [7, 11) is 0. The lowest BCUT2D eigenvalue weighted by molar-refractivity contribution is -0.384. The molecule has 0 aliphatic heterocycles. The Bertz CT molecular complexity index is 351. The van der Waals surface area contributed by atoms with Gasteiger partial charge in [0.2, 0.25) is 0 Å². The number of aryl methyl sites for hydroxylation is 1. The molecule has 0 aliphatic rings. The molecule has 5 heteroatoms. The first-order chi connectivity index (χ1) is 5.95. The van der Waals surface area contributed by atoms with E-state index < -0.39 is 4.92 Å². The Labute approximate surface area is 80.5 Å². The minimum Gasteiger partial charge on any atom is -0.393 e. The molecule has 4 nitrogen and oxygen atoms in total. The Hall–Kier alpha value is -1.29. The minimum atomic E-state index is -0.510. The van der Waals surface area contributed by atoms with E-state index in [4.69, 9.17) is 17.3 Å². The first-order valence-corrected chi connectivity index (χ1v) is 4.02. The molecule has 0 amide bonds. The van der Waals surface area contributed by atoms with Crippen molar-refractivity contribution in [3.05, 3.63) is 32.3 Å². The second-order valence-electron chi connectivity index (χ2n) is 2.82. The van der Waals surface area contributed by atoms with Gasteiger partial charge in [-0.3, -0.25) is 10.1 Å². The van der Waals surface area contributed by atoms with Gasteiger partial charge in [-0.1, -0.05) is 11.6 Å². The fourth-order valence-corrected chi connectivity index (χ4v) is 1.37. The quantitative estimate of drug-likeness (QED) is 0.430. The Morgan fingerprint density at radius 3 is 2.54 bits per heavy atom. The van der Waals surface area contributed by atoms with Crippen molar-refractivity contribution in [2.45, 2.75) is 13.8 Å². The molecule has 0 unspecified atom stereocenters. The standard InChI is InChI=1S/C8H9ClN2O2/c1-4-3-6(9)5(2)8(7(4)10)11(12)13/h3H,10H2,1-2H3. The maximum absolute atomic E-state index is 10.6. The van der Waals surface area contributed by atoms with E-state index in [-0.39, 0.29) is 11.4 Å². The molecule has 0 bridgehead atoms. The van der Waals surface area contributed by atoms with E-state index in [0.29, 0.717) is 16.1 Å². The second kappa shape index (κ2) is 3.22. The number of hydrogen-bond donors (Lipinski definition) is 1. The van der Waals surface area contributed by atoms with Crippen molar-refractivity contribution in [3.8, 4) is 0 Å². The van der Waals surface area contributed by atoms with Crippen molar-refractivity contribution < 1.29 is 4.92 Å². The normalized spacial score (nSPS) is 10.1. The molecule has 13 heavy (non-hydrogen) atoms. The first-order valence-electron chi connectivity index (χ1n) is 3.64. The van der Waals surface area contributed by atoms with E-state index in [1.54, 1.807) is 19.9 Å². The molecule has 0 aromatic heterocycles. The van der Waals surface area contributed by atoms with E-state index in [1.165, 1.54) is 0 Å². The highest BCUT2D eigenvalue weighted by Crippen LogP contribution is 2.33. The average molecular weight is 201 g/mol. The largest absolute Gasteiger partial charge is 0.393 e. The molecule has 2 N–H and O–H groups in total. The number of nitro groups is 1. The highest BCUT2D eigenvalue weighted by atomic mass is 35.5. The lowest BCUT2D eigenvalue weighted by Gasteiger charge is -2.05. The number of nitrogens with two attached hydrogens (primary N) is 1. The van der Waals surface area contributed by atoms with Gasteiger partial charge in [0, 0.05) is 5.56 Å². The summed E-state index contributed by atoms with van der Waals surface area (Å²) in [5.41, 5.74) is 6.69. The van der Waals surface area contributed by atoms with Crippen molar-refractivity contribution in [2.75, 3.05) is 5.73 Å². The van der Waals surface area contributed by atoms with Crippen molar-refractivity contribution in [3.63, 3.8) is 0 Å². The van der Waals surface area contributed by atoms with Crippen molar-refractivity contribution in [2.24, 2.45) is 0 Å². The molecule has 0 heterocycles. The number of benzene rings is 1. The van der Waals surface area contributed by atoms with Gasteiger partial charge in [0.1, 0.15) is 5.69 Å². The molecule has 1 aromatic rings. The summed E-state index contributed by atoms with van der Waals surface area (Å²) in [5.74, 6) is 0. The van der Waals surface area contributed by atoms with E-state index in [2.05, 4.69) is 0 Å². The van der Waals surface area contributed by atoms with Gasteiger partial charge in [0.15, 0.2) is 0 Å². The van der Waals surface area contributed by atoms with Crippen LogP contribution in [0.15, 0.2) is 6.07 Å². The predicted octanol–water partition coefficient (Wildman–Crippen LogP) is 2.45. The zero-order valence-electron chi connectivity index (χ0n) is 7.30. The molecule has 0 aliphatic carbocycles. The van der Waals surface area contributed by atoms with Gasteiger partial charge < -0.3 is 5.73 Å². The van der Waals surface area contributed by atoms with Gasteiger partial charge in [-0.25, -0.2) is 0 Å². The minimum absolute atomic E-state index is 0.0926. The molecule has 1 rings (SSSR count). The summed E-state index contributed by atoms with van der Waals surface area (Å²) >= 11 is 5.78. The summed E-state index contributed by atoms with van der Waals surface area (Å²) in [4.78, 5) is 10.1. The van der Waals surface area contributed by atoms with Crippen molar-refractivity contribution in [1.29, 1.82) is 0 Å². The Morgan fingerprint density at radius 2 is 2.08 bits per heavy atom. The van der Waals surface area contributed by atoms with Crippen LogP contribution in [0.5, 0.6) is 0 Å². The number of anilines is 1. The maximum atomic E-state index is 10.6. The summed E-state index contributed by atoms with van der Waals surface area (Å²) in [6, 6.07) is 1.62. The highest BCUT2D eigenvalue weighted by Gasteiger charge is 2.19. The van der Waals surface area contributed by atoms with Crippen LogP contribution < -0.4 is 5.73 Å². The van der Waals surface area contributed by atoms with Gasteiger partial charge >= 0.3 is 0 Å². The van der Waals surface area contributed by atoms with Crippen LogP contribution in [0.3, 0.4) is 0 Å². The fraction of sp³-hybridized carbons (Fsp3) is 0.250. The second-order valence-corrected chi connectivity index (χ2v) is 3.23. The van der Waals surface area contributed by atoms with Gasteiger partial charge in [0.25, 0.3) is 5.69 Å². The Kier molecular flexibility index (Phi) is 2.43. The van der Waals surface area contributed by atoms with Gasteiger partial charge in [-0.05, 0) is 25.5 Å². The number of rotatable bonds is 1. The number of hydrogen-bond acceptors (Lipinski definition) is 3. The Morgan fingerprint density at radius 1 is 1.54 bits per heavy atom. The van der Waals surface area contributed by atoms with Crippen molar-refractivity contribution >= 4 is 23.0 Å². The number of nitrogen functional groups attached to an aromatic ring is 1. The third-order valence-electron chi connectivity index (χ3n) is 1.92. The molecule has 0 saturated carbocycles. The van der Waals surface area contributed by atoms with E-state index in [1.807, 2.05) is 0 Å². The highest BCUT2D eigenvalue weighted by molar-refractivity contribution is 6.31. The molecular formula is C8H9ClN2O2. The fourth-order valence-electron chi connectivity index (χ4n) is 1.11. The number of nitrogens with zero attached hydrogens (tertiary/aromatic N) is 1.